The van der Waals surface area contributed by atoms with Crippen molar-refractivity contribution >= 4 is 16.8 Å². The molecule has 0 bridgehead atoms. The molecule has 1 fully saturated rings. The summed E-state index contributed by atoms with van der Waals surface area (Å²) in [6.45, 7) is 0.685. The van der Waals surface area contributed by atoms with Crippen molar-refractivity contribution in [3.63, 3.8) is 0 Å². The molecule has 21 heavy (non-hydrogen) atoms. The summed E-state index contributed by atoms with van der Waals surface area (Å²) in [7, 11) is 0. The van der Waals surface area contributed by atoms with Gasteiger partial charge >= 0.3 is 11.8 Å². The van der Waals surface area contributed by atoms with Crippen LogP contribution in [-0.2, 0) is 0 Å². The fourth-order valence-electron chi connectivity index (χ4n) is 2.25. The van der Waals surface area contributed by atoms with Crippen molar-refractivity contribution in [3.8, 4) is 11.4 Å². The quantitative estimate of drug-likeness (QED) is 0.769. The summed E-state index contributed by atoms with van der Waals surface area (Å²) >= 11 is 0. The van der Waals surface area contributed by atoms with Crippen LogP contribution in [0.5, 0.6) is 0 Å². The zero-order valence-electron chi connectivity index (χ0n) is 11.3. The maximum absolute atomic E-state index is 11.9. The van der Waals surface area contributed by atoms with E-state index in [1.807, 2.05) is 30.5 Å². The number of aromatic amines is 1. The van der Waals surface area contributed by atoms with E-state index < -0.39 is 0 Å². The van der Waals surface area contributed by atoms with Crippen LogP contribution in [0.1, 0.15) is 23.5 Å². The standard InChI is InChI=1S/C15H14N4O2/c20-14(17-8-9-1-2-9)15-18-13(19-21-15)11-4-3-10-5-6-16-12(10)7-11/h3-7,9,16H,1-2,8H2,(H,17,20). The van der Waals surface area contributed by atoms with Gasteiger partial charge in [0.25, 0.3) is 0 Å². The van der Waals surface area contributed by atoms with Crippen LogP contribution in [-0.4, -0.2) is 27.6 Å². The third kappa shape index (κ3) is 2.40. The van der Waals surface area contributed by atoms with Crippen molar-refractivity contribution in [2.24, 2.45) is 5.92 Å². The monoisotopic (exact) mass is 282 g/mol. The predicted octanol–water partition coefficient (Wildman–Crippen LogP) is 2.36. The zero-order chi connectivity index (χ0) is 14.2. The first-order chi connectivity index (χ1) is 10.3. The lowest BCUT2D eigenvalue weighted by atomic mass is 10.1. The minimum absolute atomic E-state index is 0.0113. The molecule has 1 aromatic carbocycles. The highest BCUT2D eigenvalue weighted by Crippen LogP contribution is 2.27. The highest BCUT2D eigenvalue weighted by Gasteiger charge is 2.23. The average Bonchev–Trinajstić information content (AvgIpc) is 3.02. The number of hydrogen-bond donors (Lipinski definition) is 2. The van der Waals surface area contributed by atoms with Gasteiger partial charge in [-0.25, -0.2) is 0 Å². The van der Waals surface area contributed by atoms with E-state index in [4.69, 9.17) is 4.52 Å². The first-order valence-electron chi connectivity index (χ1n) is 6.99. The van der Waals surface area contributed by atoms with Gasteiger partial charge in [0.05, 0.1) is 0 Å². The zero-order valence-corrected chi connectivity index (χ0v) is 11.3. The molecule has 2 heterocycles. The van der Waals surface area contributed by atoms with Gasteiger partial charge in [-0.1, -0.05) is 17.3 Å². The van der Waals surface area contributed by atoms with E-state index in [1.54, 1.807) is 0 Å². The summed E-state index contributed by atoms with van der Waals surface area (Å²) in [6.07, 6.45) is 4.25. The molecule has 1 aliphatic rings. The van der Waals surface area contributed by atoms with E-state index in [0.717, 1.165) is 16.5 Å². The molecular weight excluding hydrogens is 268 g/mol. The fourth-order valence-corrected chi connectivity index (χ4v) is 2.25. The lowest BCUT2D eigenvalue weighted by molar-refractivity contribution is 0.0908. The average molecular weight is 282 g/mol. The number of benzene rings is 1. The largest absolute Gasteiger partial charge is 0.361 e. The summed E-state index contributed by atoms with van der Waals surface area (Å²) in [4.78, 5) is 19.2. The van der Waals surface area contributed by atoms with Crippen molar-refractivity contribution in [3.05, 3.63) is 36.4 Å². The van der Waals surface area contributed by atoms with Crippen LogP contribution < -0.4 is 5.32 Å². The van der Waals surface area contributed by atoms with Gasteiger partial charge in [0, 0.05) is 23.8 Å². The number of nitrogens with one attached hydrogen (secondary N) is 2. The van der Waals surface area contributed by atoms with Gasteiger partial charge in [0.1, 0.15) is 0 Å². The Morgan fingerprint density at radius 2 is 2.29 bits per heavy atom. The number of carbonyl (C=O) groups is 1. The molecule has 0 unspecified atom stereocenters. The van der Waals surface area contributed by atoms with E-state index >= 15 is 0 Å². The van der Waals surface area contributed by atoms with Crippen molar-refractivity contribution in [1.82, 2.24) is 20.4 Å². The van der Waals surface area contributed by atoms with Crippen LogP contribution in [0.3, 0.4) is 0 Å². The molecule has 0 saturated heterocycles. The molecule has 4 rings (SSSR count). The number of aromatic nitrogens is 3. The lowest BCUT2D eigenvalue weighted by Crippen LogP contribution is -2.25. The van der Waals surface area contributed by atoms with Gasteiger partial charge in [-0.2, -0.15) is 4.98 Å². The molecule has 6 nitrogen and oxygen atoms in total. The van der Waals surface area contributed by atoms with Crippen LogP contribution in [0, 0.1) is 5.92 Å². The van der Waals surface area contributed by atoms with Gasteiger partial charge in [-0.05, 0) is 36.3 Å². The van der Waals surface area contributed by atoms with Crippen LogP contribution in [0.4, 0.5) is 0 Å². The van der Waals surface area contributed by atoms with Crippen LogP contribution in [0.2, 0.25) is 0 Å². The highest BCUT2D eigenvalue weighted by atomic mass is 16.5. The van der Waals surface area contributed by atoms with Crippen molar-refractivity contribution in [1.29, 1.82) is 0 Å². The van der Waals surface area contributed by atoms with Gasteiger partial charge < -0.3 is 14.8 Å². The molecule has 1 amide bonds. The second kappa shape index (κ2) is 4.73. The van der Waals surface area contributed by atoms with E-state index in [0.29, 0.717) is 18.3 Å². The molecule has 1 aliphatic carbocycles. The number of nitrogens with zero attached hydrogens (tertiary/aromatic N) is 2. The Labute approximate surface area is 120 Å². The second-order valence-corrected chi connectivity index (χ2v) is 5.36. The summed E-state index contributed by atoms with van der Waals surface area (Å²) in [6, 6.07) is 7.81. The Kier molecular flexibility index (Phi) is 2.73. The van der Waals surface area contributed by atoms with E-state index in [2.05, 4.69) is 20.4 Å². The smallest absolute Gasteiger partial charge is 0.316 e. The molecule has 2 N–H and O–H groups in total. The summed E-state index contributed by atoms with van der Waals surface area (Å²) in [5.74, 6) is 0.744. The van der Waals surface area contributed by atoms with Gasteiger partial charge in [0.2, 0.25) is 5.82 Å². The second-order valence-electron chi connectivity index (χ2n) is 5.36. The molecule has 3 aromatic rings. The van der Waals surface area contributed by atoms with Gasteiger partial charge in [0.15, 0.2) is 0 Å². The Morgan fingerprint density at radius 3 is 3.14 bits per heavy atom. The van der Waals surface area contributed by atoms with Gasteiger partial charge in [-0.15, -0.1) is 0 Å². The van der Waals surface area contributed by atoms with Gasteiger partial charge in [-0.3, -0.25) is 4.79 Å². The van der Waals surface area contributed by atoms with E-state index in [-0.39, 0.29) is 11.8 Å². The molecule has 0 radical (unpaired) electrons. The van der Waals surface area contributed by atoms with Crippen molar-refractivity contribution in [2.75, 3.05) is 6.54 Å². The van der Waals surface area contributed by atoms with Crippen LogP contribution >= 0.6 is 0 Å². The molecule has 0 spiro atoms. The minimum atomic E-state index is -0.304. The number of rotatable bonds is 4. The summed E-state index contributed by atoms with van der Waals surface area (Å²) in [5.41, 5.74) is 1.81. The molecule has 6 heteroatoms. The summed E-state index contributed by atoms with van der Waals surface area (Å²) in [5, 5.41) is 7.81. The van der Waals surface area contributed by atoms with Crippen molar-refractivity contribution in [2.45, 2.75) is 12.8 Å². The predicted molar refractivity (Wildman–Crippen MR) is 76.6 cm³/mol. The number of hydrogen-bond acceptors (Lipinski definition) is 4. The first kappa shape index (κ1) is 12.1. The number of carbonyl (C=O) groups excluding carboxylic acids is 1. The molecule has 0 atom stereocenters. The SMILES string of the molecule is O=C(NCC1CC1)c1nc(-c2ccc3cc[nH]c3c2)no1. The van der Waals surface area contributed by atoms with Crippen LogP contribution in [0.25, 0.3) is 22.3 Å². The Balaban J connectivity index is 1.56. The molecule has 1 saturated carbocycles. The van der Waals surface area contributed by atoms with Crippen molar-refractivity contribution < 1.29 is 9.32 Å². The lowest BCUT2D eigenvalue weighted by Gasteiger charge is -1.98. The van der Waals surface area contributed by atoms with Crippen LogP contribution in [0.15, 0.2) is 35.0 Å². The Bertz CT molecular complexity index is 801. The number of fused-ring (bicyclic) bond motifs is 1. The molecular formula is C15H14N4O2. The Morgan fingerprint density at radius 1 is 1.38 bits per heavy atom. The highest BCUT2D eigenvalue weighted by molar-refractivity contribution is 5.90. The number of H-pyrrole nitrogens is 1. The topological polar surface area (TPSA) is 83.8 Å². The minimum Gasteiger partial charge on any atom is -0.361 e. The molecule has 0 aliphatic heterocycles. The molecule has 106 valence electrons. The fraction of sp³-hybridized carbons (Fsp3) is 0.267. The summed E-state index contributed by atoms with van der Waals surface area (Å²) < 4.78 is 5.04. The third-order valence-electron chi connectivity index (χ3n) is 3.68. The third-order valence-corrected chi connectivity index (χ3v) is 3.68. The maximum Gasteiger partial charge on any atom is 0.316 e. The molecule has 2 aromatic heterocycles. The maximum atomic E-state index is 11.9. The number of amides is 1. The normalized spacial score (nSPS) is 14.5. The van der Waals surface area contributed by atoms with E-state index in [9.17, 15) is 4.79 Å². The Hall–Kier alpha value is -2.63. The van der Waals surface area contributed by atoms with E-state index in [1.165, 1.54) is 12.8 Å². The first-order valence-corrected chi connectivity index (χ1v) is 6.99.